The summed E-state index contributed by atoms with van der Waals surface area (Å²) >= 11 is 5.80. The van der Waals surface area contributed by atoms with Crippen LogP contribution in [0.15, 0.2) is 42.5 Å². The lowest BCUT2D eigenvalue weighted by Crippen LogP contribution is -2.15. The van der Waals surface area contributed by atoms with E-state index in [4.69, 9.17) is 11.6 Å². The molecule has 0 aromatic heterocycles. The number of para-hydroxylation sites is 1. The van der Waals surface area contributed by atoms with Crippen molar-refractivity contribution >= 4 is 28.9 Å². The lowest BCUT2D eigenvalue weighted by Gasteiger charge is -2.07. The van der Waals surface area contributed by atoms with Crippen molar-refractivity contribution in [1.29, 1.82) is 0 Å². The molecule has 1 amide bonds. The van der Waals surface area contributed by atoms with E-state index in [0.717, 1.165) is 12.1 Å². The summed E-state index contributed by atoms with van der Waals surface area (Å²) in [7, 11) is 0. The minimum absolute atomic E-state index is 0.0610. The van der Waals surface area contributed by atoms with E-state index >= 15 is 0 Å². The Morgan fingerprint density at radius 2 is 2.00 bits per heavy atom. The molecule has 0 unspecified atom stereocenters. The smallest absolute Gasteiger partial charge is 0.273 e. The number of hydrogen-bond donors (Lipinski definition) is 1. The third-order valence-corrected chi connectivity index (χ3v) is 3.06. The van der Waals surface area contributed by atoms with Gasteiger partial charge < -0.3 is 5.32 Å². The van der Waals surface area contributed by atoms with Gasteiger partial charge in [-0.25, -0.2) is 4.39 Å². The summed E-state index contributed by atoms with van der Waals surface area (Å²) in [5.41, 5.74) is 0.415. The average molecular weight is 309 g/mol. The van der Waals surface area contributed by atoms with Crippen LogP contribution >= 0.6 is 11.6 Å². The van der Waals surface area contributed by atoms with Gasteiger partial charge in [0.2, 0.25) is 5.91 Å². The maximum atomic E-state index is 12.9. The number of nitro benzene ring substituents is 1. The van der Waals surface area contributed by atoms with Crippen LogP contribution in [-0.4, -0.2) is 10.8 Å². The van der Waals surface area contributed by atoms with Gasteiger partial charge in [0.25, 0.3) is 5.69 Å². The molecule has 0 bridgehead atoms. The van der Waals surface area contributed by atoms with Crippen molar-refractivity contribution in [3.8, 4) is 0 Å². The van der Waals surface area contributed by atoms with Gasteiger partial charge in [-0.15, -0.1) is 0 Å². The van der Waals surface area contributed by atoms with E-state index in [-0.39, 0.29) is 22.8 Å². The van der Waals surface area contributed by atoms with Crippen LogP contribution in [0.2, 0.25) is 5.02 Å². The van der Waals surface area contributed by atoms with Gasteiger partial charge in [-0.05, 0) is 18.2 Å². The predicted octanol–water partition coefficient (Wildman–Crippen LogP) is 3.57. The van der Waals surface area contributed by atoms with Crippen LogP contribution in [0.25, 0.3) is 0 Å². The van der Waals surface area contributed by atoms with Crippen molar-refractivity contribution in [3.63, 3.8) is 0 Å². The molecule has 21 heavy (non-hydrogen) atoms. The van der Waals surface area contributed by atoms with Crippen molar-refractivity contribution in [2.45, 2.75) is 6.42 Å². The predicted molar refractivity (Wildman–Crippen MR) is 76.8 cm³/mol. The Morgan fingerprint density at radius 1 is 1.29 bits per heavy atom. The van der Waals surface area contributed by atoms with Crippen molar-refractivity contribution < 1.29 is 14.1 Å². The highest BCUT2D eigenvalue weighted by Crippen LogP contribution is 2.23. The molecule has 0 radical (unpaired) electrons. The number of nitrogens with one attached hydrogen (secondary N) is 1. The first kappa shape index (κ1) is 14.9. The molecule has 0 aliphatic rings. The van der Waals surface area contributed by atoms with E-state index in [1.165, 1.54) is 24.3 Å². The molecule has 0 aliphatic heterocycles. The maximum absolute atomic E-state index is 12.9. The number of halogens is 2. The van der Waals surface area contributed by atoms with Crippen LogP contribution < -0.4 is 5.32 Å². The molecule has 1 N–H and O–H groups in total. The molecule has 0 atom stereocenters. The molecule has 108 valence electrons. The van der Waals surface area contributed by atoms with Gasteiger partial charge in [-0.3, -0.25) is 14.9 Å². The van der Waals surface area contributed by atoms with E-state index in [9.17, 15) is 19.3 Å². The minimum atomic E-state index is -0.548. The lowest BCUT2D eigenvalue weighted by molar-refractivity contribution is -0.385. The molecule has 2 rings (SSSR count). The highest BCUT2D eigenvalue weighted by Gasteiger charge is 2.16. The third-order valence-electron chi connectivity index (χ3n) is 2.74. The summed E-state index contributed by atoms with van der Waals surface area (Å²) < 4.78 is 12.9. The van der Waals surface area contributed by atoms with Crippen molar-refractivity contribution in [1.82, 2.24) is 0 Å². The SMILES string of the molecule is O=C(Cc1ccccc1[N+](=O)[O-])Nc1ccc(F)cc1Cl. The van der Waals surface area contributed by atoms with E-state index < -0.39 is 16.6 Å². The molecule has 0 heterocycles. The van der Waals surface area contributed by atoms with E-state index in [2.05, 4.69) is 5.32 Å². The molecular weight excluding hydrogens is 299 g/mol. The average Bonchev–Trinajstić information content (AvgIpc) is 2.42. The second-order valence-electron chi connectivity index (χ2n) is 4.23. The van der Waals surface area contributed by atoms with Gasteiger partial charge in [0.15, 0.2) is 0 Å². The third kappa shape index (κ3) is 3.76. The fourth-order valence-electron chi connectivity index (χ4n) is 1.80. The number of hydrogen-bond acceptors (Lipinski definition) is 3. The summed E-state index contributed by atoms with van der Waals surface area (Å²) in [6, 6.07) is 9.53. The summed E-state index contributed by atoms with van der Waals surface area (Å²) in [5.74, 6) is -0.991. The minimum Gasteiger partial charge on any atom is -0.324 e. The van der Waals surface area contributed by atoms with Gasteiger partial charge in [0.1, 0.15) is 5.82 Å². The quantitative estimate of drug-likeness (QED) is 0.693. The Kier molecular flexibility index (Phi) is 4.49. The molecule has 0 spiro atoms. The molecule has 5 nitrogen and oxygen atoms in total. The normalized spacial score (nSPS) is 10.2. The summed E-state index contributed by atoms with van der Waals surface area (Å²) in [6.07, 6.45) is -0.176. The summed E-state index contributed by atoms with van der Waals surface area (Å²) in [4.78, 5) is 22.2. The van der Waals surface area contributed by atoms with Crippen LogP contribution in [0.4, 0.5) is 15.8 Å². The van der Waals surface area contributed by atoms with Gasteiger partial charge in [0.05, 0.1) is 22.1 Å². The molecule has 0 aliphatic carbocycles. The number of rotatable bonds is 4. The van der Waals surface area contributed by atoms with Gasteiger partial charge in [-0.2, -0.15) is 0 Å². The number of nitrogens with zero attached hydrogens (tertiary/aromatic N) is 1. The first-order valence-electron chi connectivity index (χ1n) is 5.94. The van der Waals surface area contributed by atoms with Gasteiger partial charge >= 0.3 is 0 Å². The molecule has 2 aromatic carbocycles. The number of nitro groups is 1. The van der Waals surface area contributed by atoms with Crippen molar-refractivity contribution in [2.24, 2.45) is 0 Å². The molecule has 0 fully saturated rings. The van der Waals surface area contributed by atoms with E-state index in [0.29, 0.717) is 5.56 Å². The monoisotopic (exact) mass is 308 g/mol. The Bertz CT molecular complexity index is 706. The number of amides is 1. The second-order valence-corrected chi connectivity index (χ2v) is 4.64. The van der Waals surface area contributed by atoms with Crippen LogP contribution in [0, 0.1) is 15.9 Å². The number of anilines is 1. The Morgan fingerprint density at radius 3 is 2.67 bits per heavy atom. The molecule has 2 aromatic rings. The number of carbonyl (C=O) groups is 1. The fourth-order valence-corrected chi connectivity index (χ4v) is 2.01. The highest BCUT2D eigenvalue weighted by atomic mass is 35.5. The Hall–Kier alpha value is -2.47. The van der Waals surface area contributed by atoms with Crippen LogP contribution in [0.5, 0.6) is 0 Å². The van der Waals surface area contributed by atoms with Crippen molar-refractivity contribution in [2.75, 3.05) is 5.32 Å². The first-order valence-corrected chi connectivity index (χ1v) is 6.32. The van der Waals surface area contributed by atoms with Gasteiger partial charge in [0, 0.05) is 11.6 Å². The van der Waals surface area contributed by atoms with E-state index in [1.54, 1.807) is 6.07 Å². The largest absolute Gasteiger partial charge is 0.324 e. The fraction of sp³-hybridized carbons (Fsp3) is 0.0714. The zero-order valence-corrected chi connectivity index (χ0v) is 11.4. The van der Waals surface area contributed by atoms with Crippen LogP contribution in [0.1, 0.15) is 5.56 Å². The molecule has 7 heteroatoms. The number of benzene rings is 2. The zero-order valence-electron chi connectivity index (χ0n) is 10.7. The van der Waals surface area contributed by atoms with Crippen molar-refractivity contribution in [3.05, 3.63) is 69.0 Å². The standard InChI is InChI=1S/C14H10ClFN2O3/c15-11-8-10(16)5-6-12(11)17-14(19)7-9-3-1-2-4-13(9)18(20)21/h1-6,8H,7H2,(H,17,19). The maximum Gasteiger partial charge on any atom is 0.273 e. The van der Waals surface area contributed by atoms with Crippen LogP contribution in [0.3, 0.4) is 0 Å². The molecule has 0 saturated heterocycles. The number of carbonyl (C=O) groups excluding carboxylic acids is 1. The van der Waals surface area contributed by atoms with Crippen LogP contribution in [-0.2, 0) is 11.2 Å². The van der Waals surface area contributed by atoms with E-state index in [1.807, 2.05) is 0 Å². The highest BCUT2D eigenvalue weighted by molar-refractivity contribution is 6.33. The summed E-state index contributed by atoms with van der Waals surface area (Å²) in [5, 5.41) is 13.4. The second kappa shape index (κ2) is 6.32. The van der Waals surface area contributed by atoms with Gasteiger partial charge in [-0.1, -0.05) is 29.8 Å². The molecular formula is C14H10ClFN2O3. The first-order chi connectivity index (χ1) is 9.97. The zero-order chi connectivity index (χ0) is 15.4. The summed E-state index contributed by atoms with van der Waals surface area (Å²) in [6.45, 7) is 0. The Balaban J connectivity index is 2.14. The molecule has 0 saturated carbocycles. The Labute approximate surface area is 124 Å². The lowest BCUT2D eigenvalue weighted by atomic mass is 10.1. The topological polar surface area (TPSA) is 72.2 Å².